The number of benzene rings is 8. The molecule has 10 rings (SSSR count). The highest BCUT2D eigenvalue weighted by molar-refractivity contribution is 6.10. The van der Waals surface area contributed by atoms with Gasteiger partial charge in [0.2, 0.25) is 0 Å². The van der Waals surface area contributed by atoms with Crippen molar-refractivity contribution in [3.8, 4) is 62.1 Å². The van der Waals surface area contributed by atoms with E-state index >= 15 is 0 Å². The van der Waals surface area contributed by atoms with Gasteiger partial charge >= 0.3 is 0 Å². The second-order valence-electron chi connectivity index (χ2n) is 13.8. The first-order valence-electron chi connectivity index (χ1n) is 18.3. The summed E-state index contributed by atoms with van der Waals surface area (Å²) < 4.78 is 2.42. The largest absolute Gasteiger partial charge is 0.309 e. The lowest BCUT2D eigenvalue weighted by Crippen LogP contribution is -2.01. The van der Waals surface area contributed by atoms with E-state index in [1.54, 1.807) is 0 Å². The van der Waals surface area contributed by atoms with Crippen LogP contribution in [0.4, 0.5) is 0 Å². The summed E-state index contributed by atoms with van der Waals surface area (Å²) >= 11 is 0. The molecule has 0 spiro atoms. The first-order chi connectivity index (χ1) is 26.7. The molecule has 254 valence electrons. The topological polar surface area (TPSA) is 43.6 Å². The predicted molar refractivity (Wildman–Crippen MR) is 224 cm³/mol. The van der Waals surface area contributed by atoms with Crippen LogP contribution in [0.5, 0.6) is 0 Å². The van der Waals surface area contributed by atoms with Crippen LogP contribution in [0.1, 0.15) is 5.56 Å². The summed E-state index contributed by atoms with van der Waals surface area (Å²) in [6.45, 7) is 2.17. The Hall–Kier alpha value is -7.17. The Morgan fingerprint density at radius 2 is 0.907 bits per heavy atom. The van der Waals surface area contributed by atoms with Crippen LogP contribution in [0.2, 0.25) is 0 Å². The minimum absolute atomic E-state index is 0.627. The van der Waals surface area contributed by atoms with Gasteiger partial charge < -0.3 is 4.57 Å². The Balaban J connectivity index is 1.25. The number of hydrogen-bond acceptors (Lipinski definition) is 3. The first kappa shape index (κ1) is 31.6. The van der Waals surface area contributed by atoms with Gasteiger partial charge in [0, 0.05) is 33.2 Å². The standard InChI is InChI=1S/C50H34N4/c1-33-25-27-43-42-23-13-14-24-46(42)54(47(43)29-33)39-30-37-21-11-12-22-40(37)45(32-39)44-31-38(26-28-41(44)34-15-5-2-6-16-34)50-52-48(35-17-7-3-8-18-35)51-49(53-50)36-19-9-4-10-20-36/h2-32H,1H3. The van der Waals surface area contributed by atoms with Crippen LogP contribution < -0.4 is 0 Å². The molecule has 0 aliphatic heterocycles. The van der Waals surface area contributed by atoms with Gasteiger partial charge in [0.1, 0.15) is 0 Å². The van der Waals surface area contributed by atoms with Gasteiger partial charge in [-0.25, -0.2) is 15.0 Å². The molecule has 0 fully saturated rings. The van der Waals surface area contributed by atoms with E-state index in [1.165, 1.54) is 38.1 Å². The normalized spacial score (nSPS) is 11.4. The van der Waals surface area contributed by atoms with Crippen LogP contribution in [-0.4, -0.2) is 19.5 Å². The van der Waals surface area contributed by atoms with Crippen LogP contribution in [0.3, 0.4) is 0 Å². The molecule has 0 aliphatic rings. The SMILES string of the molecule is Cc1ccc2c3ccccc3n(-c3cc(-c4cc(-c5nc(-c6ccccc6)nc(-c6ccccc6)n5)ccc4-c4ccccc4)c4ccccc4c3)c2c1. The molecule has 0 saturated heterocycles. The van der Waals surface area contributed by atoms with Gasteiger partial charge in [-0.2, -0.15) is 0 Å². The van der Waals surface area contributed by atoms with Gasteiger partial charge in [-0.05, 0) is 75.8 Å². The molecule has 0 atom stereocenters. The van der Waals surface area contributed by atoms with Crippen molar-refractivity contribution in [2.75, 3.05) is 0 Å². The van der Waals surface area contributed by atoms with Gasteiger partial charge in [0.05, 0.1) is 11.0 Å². The number of aromatic nitrogens is 4. The predicted octanol–water partition coefficient (Wildman–Crippen LogP) is 12.8. The summed E-state index contributed by atoms with van der Waals surface area (Å²) in [5.74, 6) is 1.91. The second kappa shape index (κ2) is 13.1. The van der Waals surface area contributed by atoms with E-state index in [1.807, 2.05) is 60.7 Å². The minimum atomic E-state index is 0.627. The fourth-order valence-corrected chi connectivity index (χ4v) is 7.72. The zero-order valence-corrected chi connectivity index (χ0v) is 29.7. The highest BCUT2D eigenvalue weighted by Gasteiger charge is 2.19. The van der Waals surface area contributed by atoms with Crippen LogP contribution in [-0.2, 0) is 0 Å². The Labute approximate surface area is 313 Å². The van der Waals surface area contributed by atoms with Crippen LogP contribution in [0, 0.1) is 6.92 Å². The third-order valence-electron chi connectivity index (χ3n) is 10.3. The maximum atomic E-state index is 5.11. The molecular formula is C50H34N4. The van der Waals surface area contributed by atoms with Crippen molar-refractivity contribution in [1.82, 2.24) is 19.5 Å². The molecule has 2 heterocycles. The Morgan fingerprint density at radius 3 is 1.59 bits per heavy atom. The molecule has 0 radical (unpaired) electrons. The Morgan fingerprint density at radius 1 is 0.352 bits per heavy atom. The number of rotatable bonds is 6. The monoisotopic (exact) mass is 690 g/mol. The molecule has 0 N–H and O–H groups in total. The highest BCUT2D eigenvalue weighted by Crippen LogP contribution is 2.42. The zero-order chi connectivity index (χ0) is 36.0. The fourth-order valence-electron chi connectivity index (χ4n) is 7.72. The third kappa shape index (κ3) is 5.53. The van der Waals surface area contributed by atoms with Crippen LogP contribution >= 0.6 is 0 Å². The lowest BCUT2D eigenvalue weighted by atomic mass is 9.89. The Kier molecular flexibility index (Phi) is 7.66. The van der Waals surface area contributed by atoms with Gasteiger partial charge in [-0.3, -0.25) is 0 Å². The van der Waals surface area contributed by atoms with E-state index in [0.29, 0.717) is 17.5 Å². The lowest BCUT2D eigenvalue weighted by molar-refractivity contribution is 1.07. The van der Waals surface area contributed by atoms with Crippen molar-refractivity contribution in [3.05, 3.63) is 194 Å². The van der Waals surface area contributed by atoms with E-state index in [4.69, 9.17) is 15.0 Å². The average molecular weight is 691 g/mol. The van der Waals surface area contributed by atoms with E-state index in [-0.39, 0.29) is 0 Å². The molecule has 0 bridgehead atoms. The van der Waals surface area contributed by atoms with Crippen molar-refractivity contribution in [3.63, 3.8) is 0 Å². The summed E-state index contributed by atoms with van der Waals surface area (Å²) in [7, 11) is 0. The molecule has 0 amide bonds. The molecule has 54 heavy (non-hydrogen) atoms. The molecule has 4 heteroatoms. The summed E-state index contributed by atoms with van der Waals surface area (Å²) in [6, 6.07) is 66.4. The molecule has 0 saturated carbocycles. The van der Waals surface area contributed by atoms with Crippen molar-refractivity contribution < 1.29 is 0 Å². The smallest absolute Gasteiger partial charge is 0.164 e. The van der Waals surface area contributed by atoms with E-state index in [0.717, 1.165) is 44.6 Å². The van der Waals surface area contributed by atoms with E-state index < -0.39 is 0 Å². The number of nitrogens with zero attached hydrogens (tertiary/aromatic N) is 4. The molecule has 10 aromatic rings. The molecule has 2 aromatic heterocycles. The molecular weight excluding hydrogens is 657 g/mol. The highest BCUT2D eigenvalue weighted by atomic mass is 15.0. The lowest BCUT2D eigenvalue weighted by Gasteiger charge is -2.18. The maximum absolute atomic E-state index is 5.11. The average Bonchev–Trinajstić information content (AvgIpc) is 3.57. The van der Waals surface area contributed by atoms with Crippen molar-refractivity contribution in [1.29, 1.82) is 0 Å². The molecule has 4 nitrogen and oxygen atoms in total. The van der Waals surface area contributed by atoms with Crippen molar-refractivity contribution in [2.24, 2.45) is 0 Å². The fraction of sp³-hybridized carbons (Fsp3) is 0.0200. The van der Waals surface area contributed by atoms with E-state index in [2.05, 4.69) is 139 Å². The van der Waals surface area contributed by atoms with Gasteiger partial charge in [0.15, 0.2) is 17.5 Å². The van der Waals surface area contributed by atoms with Gasteiger partial charge in [0.25, 0.3) is 0 Å². The maximum Gasteiger partial charge on any atom is 0.164 e. The van der Waals surface area contributed by atoms with Crippen LogP contribution in [0.25, 0.3) is 94.7 Å². The zero-order valence-electron chi connectivity index (χ0n) is 29.7. The van der Waals surface area contributed by atoms with E-state index in [9.17, 15) is 0 Å². The van der Waals surface area contributed by atoms with Crippen molar-refractivity contribution in [2.45, 2.75) is 6.92 Å². The summed E-state index contributed by atoms with van der Waals surface area (Å²) in [5.41, 5.74) is 12.1. The molecule has 0 unspecified atom stereocenters. The number of fused-ring (bicyclic) bond motifs is 4. The van der Waals surface area contributed by atoms with Crippen molar-refractivity contribution >= 4 is 32.6 Å². The Bertz CT molecular complexity index is 2930. The summed E-state index contributed by atoms with van der Waals surface area (Å²) in [6.07, 6.45) is 0. The summed E-state index contributed by atoms with van der Waals surface area (Å²) in [4.78, 5) is 15.2. The van der Waals surface area contributed by atoms with Crippen LogP contribution in [0.15, 0.2) is 188 Å². The minimum Gasteiger partial charge on any atom is -0.309 e. The second-order valence-corrected chi connectivity index (χ2v) is 13.8. The summed E-state index contributed by atoms with van der Waals surface area (Å²) in [5, 5.41) is 4.84. The first-order valence-corrected chi connectivity index (χ1v) is 18.3. The van der Waals surface area contributed by atoms with Gasteiger partial charge in [-0.15, -0.1) is 0 Å². The number of hydrogen-bond donors (Lipinski definition) is 0. The molecule has 0 aliphatic carbocycles. The number of para-hydroxylation sites is 1. The third-order valence-corrected chi connectivity index (χ3v) is 10.3. The quantitative estimate of drug-likeness (QED) is 0.174. The van der Waals surface area contributed by atoms with Gasteiger partial charge in [-0.1, -0.05) is 158 Å². The molecule has 8 aromatic carbocycles. The number of aryl methyl sites for hydroxylation is 1.